The molecule has 0 radical (unpaired) electrons. The molecule has 0 fully saturated rings. The first-order chi connectivity index (χ1) is 24.2. The second-order valence-corrected chi connectivity index (χ2v) is 14.3. The molecular weight excluding hydrogens is 707 g/mol. The summed E-state index contributed by atoms with van der Waals surface area (Å²) < 4.78 is 1.33. The molecular formula is C49H44Cl2Ti-2. The molecule has 0 saturated carbocycles. The van der Waals surface area contributed by atoms with Crippen LogP contribution in [0, 0.1) is 53.7 Å². The van der Waals surface area contributed by atoms with Crippen LogP contribution in [0.5, 0.6) is 0 Å². The van der Waals surface area contributed by atoms with Gasteiger partial charge < -0.3 is 24.8 Å². The zero-order chi connectivity index (χ0) is 35.2. The average Bonchev–Trinajstić information content (AvgIpc) is 3.80. The van der Waals surface area contributed by atoms with E-state index in [1.54, 1.807) is 0 Å². The zero-order valence-corrected chi connectivity index (χ0v) is 33.9. The first kappa shape index (κ1) is 40.7. The van der Waals surface area contributed by atoms with E-state index in [0.717, 1.165) is 12.8 Å². The molecule has 2 aliphatic rings. The minimum absolute atomic E-state index is 0. The predicted molar refractivity (Wildman–Crippen MR) is 210 cm³/mol. The van der Waals surface area contributed by atoms with Crippen molar-refractivity contribution in [1.29, 1.82) is 0 Å². The SMILES string of the molecule is Cc1cc(C)c(-c2[c-]c3c(cc2)-c2ccc(-c4c(C)cc(C)cc4C)cc2C3)c(C)c1.[C-]1=CC=CC1.[Cl-].[Cl-].[Ti+2]=[C](c1ccccc1)c1ccccc1. The third-order valence-corrected chi connectivity index (χ3v) is 10.3. The van der Waals surface area contributed by atoms with Crippen LogP contribution in [0.3, 0.4) is 0 Å². The summed E-state index contributed by atoms with van der Waals surface area (Å²) in [5.41, 5.74) is 21.3. The molecule has 8 rings (SSSR count). The van der Waals surface area contributed by atoms with E-state index in [2.05, 4.69) is 183 Å². The molecule has 0 bridgehead atoms. The summed E-state index contributed by atoms with van der Waals surface area (Å²) >= 11 is 2.16. The molecule has 0 N–H and O–H groups in total. The molecule has 2 aliphatic carbocycles. The van der Waals surface area contributed by atoms with Crippen LogP contribution in [0.2, 0.25) is 0 Å². The van der Waals surface area contributed by atoms with Crippen LogP contribution in [0.4, 0.5) is 0 Å². The van der Waals surface area contributed by atoms with E-state index >= 15 is 0 Å². The van der Waals surface area contributed by atoms with Gasteiger partial charge in [0, 0.05) is 0 Å². The van der Waals surface area contributed by atoms with Gasteiger partial charge in [0.1, 0.15) is 0 Å². The van der Waals surface area contributed by atoms with Crippen LogP contribution in [-0.4, -0.2) is 3.81 Å². The normalized spacial score (nSPS) is 11.5. The first-order valence-electron chi connectivity index (χ1n) is 17.5. The van der Waals surface area contributed by atoms with Gasteiger partial charge in [0.25, 0.3) is 0 Å². The van der Waals surface area contributed by atoms with Gasteiger partial charge in [0.15, 0.2) is 0 Å². The Labute approximate surface area is 335 Å². The van der Waals surface area contributed by atoms with Crippen molar-refractivity contribution in [3.63, 3.8) is 0 Å². The fourth-order valence-corrected chi connectivity index (χ4v) is 7.90. The maximum atomic E-state index is 3.78. The molecule has 0 unspecified atom stereocenters. The van der Waals surface area contributed by atoms with Crippen molar-refractivity contribution in [2.75, 3.05) is 0 Å². The van der Waals surface area contributed by atoms with Gasteiger partial charge in [-0.3, -0.25) is 6.08 Å². The van der Waals surface area contributed by atoms with Crippen molar-refractivity contribution < 1.29 is 44.8 Å². The van der Waals surface area contributed by atoms with Crippen molar-refractivity contribution >= 4 is 3.81 Å². The summed E-state index contributed by atoms with van der Waals surface area (Å²) in [6.07, 6.45) is 11.0. The van der Waals surface area contributed by atoms with Gasteiger partial charge in [-0.05, 0) is 75.8 Å². The quantitative estimate of drug-likeness (QED) is 0.145. The summed E-state index contributed by atoms with van der Waals surface area (Å²) in [7, 11) is 0. The van der Waals surface area contributed by atoms with Gasteiger partial charge in [-0.25, -0.2) is 12.2 Å². The van der Waals surface area contributed by atoms with Crippen molar-refractivity contribution in [2.45, 2.75) is 54.4 Å². The van der Waals surface area contributed by atoms with E-state index in [4.69, 9.17) is 0 Å². The Morgan fingerprint density at radius 3 is 1.58 bits per heavy atom. The maximum absolute atomic E-state index is 3.78. The molecule has 260 valence electrons. The molecule has 0 heterocycles. The van der Waals surface area contributed by atoms with Crippen LogP contribution in [0.15, 0.2) is 133 Å². The van der Waals surface area contributed by atoms with Gasteiger partial charge in [0.05, 0.1) is 0 Å². The topological polar surface area (TPSA) is 0 Å². The van der Waals surface area contributed by atoms with E-state index in [0.29, 0.717) is 0 Å². The van der Waals surface area contributed by atoms with Crippen molar-refractivity contribution in [3.8, 4) is 33.4 Å². The molecule has 0 amide bonds. The number of benzene rings is 6. The number of hydrogen-bond donors (Lipinski definition) is 0. The summed E-state index contributed by atoms with van der Waals surface area (Å²) in [6.45, 7) is 13.2. The Kier molecular flexibility index (Phi) is 14.6. The molecule has 6 aromatic carbocycles. The van der Waals surface area contributed by atoms with E-state index in [9.17, 15) is 0 Å². The number of hydrogen-bond acceptors (Lipinski definition) is 0. The minimum atomic E-state index is 0. The first-order valence-corrected chi connectivity index (χ1v) is 18.2. The molecule has 0 nitrogen and oxygen atoms in total. The van der Waals surface area contributed by atoms with E-state index < -0.39 is 0 Å². The molecule has 3 heteroatoms. The number of rotatable bonds is 4. The third-order valence-electron chi connectivity index (χ3n) is 9.41. The summed E-state index contributed by atoms with van der Waals surface area (Å²) in [5.74, 6) is 0. The van der Waals surface area contributed by atoms with Gasteiger partial charge in [-0.1, -0.05) is 81.4 Å². The number of allylic oxidation sites excluding steroid dienone is 4. The van der Waals surface area contributed by atoms with Gasteiger partial charge >= 0.3 is 95.6 Å². The van der Waals surface area contributed by atoms with Crippen LogP contribution in [0.25, 0.3) is 33.4 Å². The van der Waals surface area contributed by atoms with E-state index in [1.165, 1.54) is 92.8 Å². The zero-order valence-electron chi connectivity index (χ0n) is 30.9. The van der Waals surface area contributed by atoms with Crippen LogP contribution < -0.4 is 24.8 Å². The molecule has 6 aromatic rings. The summed E-state index contributed by atoms with van der Waals surface area (Å²) in [6, 6.07) is 45.4. The Hall–Kier alpha value is -4.04. The fraction of sp³-hybridized carbons (Fsp3) is 0.163. The van der Waals surface area contributed by atoms with Crippen molar-refractivity contribution in [3.05, 3.63) is 201 Å². The molecule has 0 saturated heterocycles. The molecule has 0 aromatic heterocycles. The van der Waals surface area contributed by atoms with Gasteiger partial charge in [0.2, 0.25) is 0 Å². The Bertz CT molecular complexity index is 2020. The molecule has 52 heavy (non-hydrogen) atoms. The molecule has 0 spiro atoms. The third kappa shape index (κ3) is 9.49. The Morgan fingerprint density at radius 1 is 0.577 bits per heavy atom. The monoisotopic (exact) mass is 750 g/mol. The van der Waals surface area contributed by atoms with Crippen LogP contribution in [-0.2, 0) is 26.4 Å². The number of fused-ring (bicyclic) bond motifs is 3. The second-order valence-electron chi connectivity index (χ2n) is 13.5. The second kappa shape index (κ2) is 18.6. The van der Waals surface area contributed by atoms with Gasteiger partial charge in [-0.2, -0.15) is 6.08 Å². The Morgan fingerprint density at radius 2 is 1.10 bits per heavy atom. The van der Waals surface area contributed by atoms with Crippen LogP contribution >= 0.6 is 0 Å². The number of aryl methyl sites for hydroxylation is 6. The number of halogens is 2. The average molecular weight is 752 g/mol. The van der Waals surface area contributed by atoms with E-state index in [-0.39, 0.29) is 24.8 Å². The van der Waals surface area contributed by atoms with Crippen LogP contribution in [0.1, 0.15) is 62.1 Å². The van der Waals surface area contributed by atoms with E-state index in [1.807, 2.05) is 24.3 Å². The predicted octanol–water partition coefficient (Wildman–Crippen LogP) is 6.36. The fourth-order valence-electron chi connectivity index (χ4n) is 7.38. The summed E-state index contributed by atoms with van der Waals surface area (Å²) in [5, 5.41) is 0. The Balaban J connectivity index is 0.000000238. The van der Waals surface area contributed by atoms with Crippen molar-refractivity contribution in [2.24, 2.45) is 0 Å². The summed E-state index contributed by atoms with van der Waals surface area (Å²) in [4.78, 5) is 0. The van der Waals surface area contributed by atoms with Gasteiger partial charge in [-0.15, -0.1) is 35.7 Å². The molecule has 0 atom stereocenters. The molecule has 0 aliphatic heterocycles. The standard InChI is InChI=1S/C31H29.C13H10.C5H5.2ClH.Ti/c1-18-11-20(3)30(21(4)12-18)24-7-9-28-26(15-24)17-27-16-25(8-10-29(27)28)31-22(5)13-19(2)14-23(31)6;1-3-7-12(8-4-1)11-13-9-5-2-6-10-13;1-2-4-5-3-1;;;/h7-15H,17H2,1-6H3;1-10H;1-3H,4H2;2*1H;/q-1;;-1;;;+2/p-2. The van der Waals surface area contributed by atoms with Crippen molar-refractivity contribution in [1.82, 2.24) is 0 Å².